The Bertz CT molecular complexity index is 386. The molecule has 0 heterocycles. The molecule has 0 amide bonds. The number of rotatable bonds is 3. The zero-order valence-electron chi connectivity index (χ0n) is 10.9. The molecule has 2 aliphatic rings. The lowest BCUT2D eigenvalue weighted by Crippen LogP contribution is -2.50. The molecular weight excluding hydrogens is 206 g/mol. The second-order valence-corrected chi connectivity index (χ2v) is 6.16. The molecule has 0 radical (unpaired) electrons. The SMILES string of the molecule is Cc1ccccc1C1CC(NC2CC(C)C2)C1. The lowest BCUT2D eigenvalue weighted by Gasteiger charge is -2.43. The lowest BCUT2D eigenvalue weighted by atomic mass is 9.73. The van der Waals surface area contributed by atoms with E-state index in [2.05, 4.69) is 43.4 Å². The molecule has 17 heavy (non-hydrogen) atoms. The van der Waals surface area contributed by atoms with Gasteiger partial charge in [0, 0.05) is 12.1 Å². The van der Waals surface area contributed by atoms with Crippen LogP contribution < -0.4 is 5.32 Å². The summed E-state index contributed by atoms with van der Waals surface area (Å²) in [6.45, 7) is 4.60. The van der Waals surface area contributed by atoms with Crippen LogP contribution in [0.5, 0.6) is 0 Å². The molecule has 0 saturated heterocycles. The fourth-order valence-electron chi connectivity index (χ4n) is 3.42. The first-order valence-corrected chi connectivity index (χ1v) is 7.04. The molecule has 0 bridgehead atoms. The minimum absolute atomic E-state index is 0.789. The summed E-state index contributed by atoms with van der Waals surface area (Å²) in [5.41, 5.74) is 3.04. The number of benzene rings is 1. The molecule has 1 aromatic rings. The Morgan fingerprint density at radius 2 is 1.65 bits per heavy atom. The molecule has 2 saturated carbocycles. The van der Waals surface area contributed by atoms with E-state index in [9.17, 15) is 0 Å². The molecule has 0 aromatic heterocycles. The summed E-state index contributed by atoms with van der Waals surface area (Å²) in [5, 5.41) is 3.80. The second kappa shape index (κ2) is 4.45. The molecule has 2 fully saturated rings. The lowest BCUT2D eigenvalue weighted by molar-refractivity contribution is 0.177. The van der Waals surface area contributed by atoms with Gasteiger partial charge in [-0.25, -0.2) is 0 Å². The molecule has 1 nitrogen and oxygen atoms in total. The Labute approximate surface area is 105 Å². The van der Waals surface area contributed by atoms with Crippen LogP contribution in [0.15, 0.2) is 24.3 Å². The van der Waals surface area contributed by atoms with E-state index in [1.54, 1.807) is 5.56 Å². The first-order chi connectivity index (χ1) is 8.22. The van der Waals surface area contributed by atoms with Crippen LogP contribution in [0.3, 0.4) is 0 Å². The summed E-state index contributed by atoms with van der Waals surface area (Å²) in [6, 6.07) is 10.5. The van der Waals surface area contributed by atoms with Crippen molar-refractivity contribution < 1.29 is 0 Å². The van der Waals surface area contributed by atoms with Crippen molar-refractivity contribution >= 4 is 0 Å². The zero-order valence-corrected chi connectivity index (χ0v) is 10.9. The predicted molar refractivity (Wildman–Crippen MR) is 72.3 cm³/mol. The minimum atomic E-state index is 0.789. The van der Waals surface area contributed by atoms with E-state index in [4.69, 9.17) is 0 Å². The van der Waals surface area contributed by atoms with Crippen molar-refractivity contribution in [2.24, 2.45) is 5.92 Å². The highest BCUT2D eigenvalue weighted by molar-refractivity contribution is 5.31. The maximum Gasteiger partial charge on any atom is 0.00813 e. The van der Waals surface area contributed by atoms with Gasteiger partial charge in [-0.15, -0.1) is 0 Å². The van der Waals surface area contributed by atoms with Gasteiger partial charge < -0.3 is 5.32 Å². The average molecular weight is 229 g/mol. The van der Waals surface area contributed by atoms with Crippen LogP contribution in [0.4, 0.5) is 0 Å². The predicted octanol–water partition coefficient (Wildman–Crippen LogP) is 3.63. The molecular formula is C16H23N. The highest BCUT2D eigenvalue weighted by Gasteiger charge is 2.35. The van der Waals surface area contributed by atoms with Crippen LogP contribution in [0.2, 0.25) is 0 Å². The topological polar surface area (TPSA) is 12.0 Å². The normalized spacial score (nSPS) is 36.1. The van der Waals surface area contributed by atoms with Gasteiger partial charge in [0.2, 0.25) is 0 Å². The third-order valence-corrected chi connectivity index (χ3v) is 4.61. The van der Waals surface area contributed by atoms with Gasteiger partial charge in [-0.2, -0.15) is 0 Å². The summed E-state index contributed by atoms with van der Waals surface area (Å²) >= 11 is 0. The maximum atomic E-state index is 3.80. The molecule has 0 atom stereocenters. The molecule has 1 heteroatoms. The van der Waals surface area contributed by atoms with Crippen molar-refractivity contribution in [3.63, 3.8) is 0 Å². The largest absolute Gasteiger partial charge is 0.311 e. The summed E-state index contributed by atoms with van der Waals surface area (Å²) in [4.78, 5) is 0. The quantitative estimate of drug-likeness (QED) is 0.834. The van der Waals surface area contributed by atoms with E-state index >= 15 is 0 Å². The van der Waals surface area contributed by atoms with E-state index in [1.165, 1.54) is 31.2 Å². The Kier molecular flexibility index (Phi) is 2.96. The number of hydrogen-bond acceptors (Lipinski definition) is 1. The van der Waals surface area contributed by atoms with E-state index < -0.39 is 0 Å². The fraction of sp³-hybridized carbons (Fsp3) is 0.625. The molecule has 1 N–H and O–H groups in total. The second-order valence-electron chi connectivity index (χ2n) is 6.16. The van der Waals surface area contributed by atoms with Crippen LogP contribution in [0.1, 0.15) is 49.7 Å². The van der Waals surface area contributed by atoms with Gasteiger partial charge >= 0.3 is 0 Å². The van der Waals surface area contributed by atoms with Gasteiger partial charge in [-0.3, -0.25) is 0 Å². The summed E-state index contributed by atoms with van der Waals surface area (Å²) in [7, 11) is 0. The van der Waals surface area contributed by atoms with Crippen molar-refractivity contribution in [1.29, 1.82) is 0 Å². The van der Waals surface area contributed by atoms with Crippen molar-refractivity contribution in [2.75, 3.05) is 0 Å². The van der Waals surface area contributed by atoms with E-state index in [0.717, 1.165) is 23.9 Å². The summed E-state index contributed by atoms with van der Waals surface area (Å²) in [5.74, 6) is 1.77. The standard InChI is InChI=1S/C16H23N/c1-11-7-14(8-11)17-15-9-13(10-15)16-6-4-3-5-12(16)2/h3-6,11,13-15,17H,7-10H2,1-2H3. The number of nitrogens with one attached hydrogen (secondary N) is 1. The minimum Gasteiger partial charge on any atom is -0.311 e. The highest BCUT2D eigenvalue weighted by Crippen LogP contribution is 2.39. The Morgan fingerprint density at radius 3 is 2.29 bits per heavy atom. The van der Waals surface area contributed by atoms with E-state index in [-0.39, 0.29) is 0 Å². The summed E-state index contributed by atoms with van der Waals surface area (Å²) < 4.78 is 0. The van der Waals surface area contributed by atoms with Gasteiger partial charge in [0.05, 0.1) is 0 Å². The molecule has 0 unspecified atom stereocenters. The molecule has 1 aromatic carbocycles. The van der Waals surface area contributed by atoms with Gasteiger partial charge in [0.1, 0.15) is 0 Å². The van der Waals surface area contributed by atoms with Gasteiger partial charge in [-0.05, 0) is 55.6 Å². The first-order valence-electron chi connectivity index (χ1n) is 7.04. The van der Waals surface area contributed by atoms with Crippen molar-refractivity contribution in [1.82, 2.24) is 5.32 Å². The van der Waals surface area contributed by atoms with Gasteiger partial charge in [0.25, 0.3) is 0 Å². The summed E-state index contributed by atoms with van der Waals surface area (Å²) in [6.07, 6.45) is 5.47. The smallest absolute Gasteiger partial charge is 0.00813 e. The Balaban J connectivity index is 1.50. The molecule has 92 valence electrons. The molecule has 0 aliphatic heterocycles. The number of aryl methyl sites for hydroxylation is 1. The van der Waals surface area contributed by atoms with E-state index in [1.807, 2.05) is 0 Å². The molecule has 0 spiro atoms. The van der Waals surface area contributed by atoms with Crippen molar-refractivity contribution in [3.8, 4) is 0 Å². The van der Waals surface area contributed by atoms with Crippen LogP contribution >= 0.6 is 0 Å². The van der Waals surface area contributed by atoms with Gasteiger partial charge in [0.15, 0.2) is 0 Å². The van der Waals surface area contributed by atoms with Crippen molar-refractivity contribution in [2.45, 2.75) is 57.5 Å². The first kappa shape index (κ1) is 11.3. The molecule has 2 aliphatic carbocycles. The molecule has 3 rings (SSSR count). The third-order valence-electron chi connectivity index (χ3n) is 4.61. The Hall–Kier alpha value is -0.820. The van der Waals surface area contributed by atoms with Crippen LogP contribution in [-0.2, 0) is 0 Å². The highest BCUT2D eigenvalue weighted by atomic mass is 15.0. The third kappa shape index (κ3) is 2.26. The average Bonchev–Trinajstić information content (AvgIpc) is 2.21. The van der Waals surface area contributed by atoms with Gasteiger partial charge in [-0.1, -0.05) is 31.2 Å². The fourth-order valence-corrected chi connectivity index (χ4v) is 3.42. The Morgan fingerprint density at radius 1 is 1.00 bits per heavy atom. The van der Waals surface area contributed by atoms with Crippen LogP contribution in [0, 0.1) is 12.8 Å². The zero-order chi connectivity index (χ0) is 11.8. The maximum absolute atomic E-state index is 3.80. The van der Waals surface area contributed by atoms with Crippen molar-refractivity contribution in [3.05, 3.63) is 35.4 Å². The van der Waals surface area contributed by atoms with E-state index in [0.29, 0.717) is 0 Å². The monoisotopic (exact) mass is 229 g/mol. The number of hydrogen-bond donors (Lipinski definition) is 1. The van der Waals surface area contributed by atoms with Crippen LogP contribution in [-0.4, -0.2) is 12.1 Å². The van der Waals surface area contributed by atoms with Crippen LogP contribution in [0.25, 0.3) is 0 Å².